The second-order valence-corrected chi connectivity index (χ2v) is 13.9. The molecule has 0 fully saturated rings. The van der Waals surface area contributed by atoms with Gasteiger partial charge in [-0.25, -0.2) is 0 Å². The van der Waals surface area contributed by atoms with Crippen molar-refractivity contribution in [1.29, 1.82) is 0 Å². The molecule has 0 aliphatic rings. The summed E-state index contributed by atoms with van der Waals surface area (Å²) in [6.45, 7) is 12.7. The van der Waals surface area contributed by atoms with Crippen molar-refractivity contribution in [2.45, 2.75) is 137 Å². The summed E-state index contributed by atoms with van der Waals surface area (Å²) < 4.78 is 20.8. The molecular weight excluding hydrogens is 634 g/mol. The number of unbranched alkanes of at least 4 members (excludes halogenated alkanes) is 6. The summed E-state index contributed by atoms with van der Waals surface area (Å²) in [7, 11) is -0.926. The average Bonchev–Trinajstić information content (AvgIpc) is 3.03. The first-order valence-electron chi connectivity index (χ1n) is 17.4. The topological polar surface area (TPSA) is 27.7 Å². The lowest BCUT2D eigenvalue weighted by Gasteiger charge is -2.30. The predicted octanol–water partition coefficient (Wildman–Crippen LogP) is 13.9. The van der Waals surface area contributed by atoms with Gasteiger partial charge in [-0.3, -0.25) is 0 Å². The van der Waals surface area contributed by atoms with E-state index in [4.69, 9.17) is 48.8 Å². The number of benzene rings is 3. The first-order valence-corrected chi connectivity index (χ1v) is 18.5. The Balaban J connectivity index is 2.04. The highest BCUT2D eigenvalue weighted by molar-refractivity contribution is 6.36. The molecule has 0 saturated heterocycles. The Hall–Kier alpha value is -1.53. The number of rotatable bonds is 21. The molecule has 0 saturated carbocycles. The number of aryl methyl sites for hydroxylation is 3. The Labute approximate surface area is 294 Å². The largest absolute Gasteiger partial charge is 0.640 e. The third-order valence-corrected chi connectivity index (χ3v) is 9.96. The van der Waals surface area contributed by atoms with Gasteiger partial charge < -0.3 is 14.0 Å². The van der Waals surface area contributed by atoms with Gasteiger partial charge in [0.05, 0.1) is 18.3 Å². The van der Waals surface area contributed by atoms with Gasteiger partial charge in [-0.2, -0.15) is 0 Å². The van der Waals surface area contributed by atoms with Crippen LogP contribution in [0.3, 0.4) is 0 Å². The van der Waals surface area contributed by atoms with Crippen molar-refractivity contribution >= 4 is 42.1 Å². The summed E-state index contributed by atoms with van der Waals surface area (Å²) in [5.74, 6) is 0. The van der Waals surface area contributed by atoms with E-state index in [1.54, 1.807) is 0 Å². The minimum Gasteiger partial charge on any atom is -0.379 e. The van der Waals surface area contributed by atoms with Crippen molar-refractivity contribution in [3.05, 3.63) is 103 Å². The summed E-state index contributed by atoms with van der Waals surface area (Å²) in [4.78, 5) is 0. The van der Waals surface area contributed by atoms with E-state index in [-0.39, 0.29) is 18.3 Å². The van der Waals surface area contributed by atoms with Crippen molar-refractivity contribution in [1.82, 2.24) is 0 Å². The van der Waals surface area contributed by atoms with Crippen LogP contribution in [0, 0.1) is 20.8 Å². The molecule has 0 bridgehead atoms. The quantitative estimate of drug-likeness (QED) is 0.0824. The minimum absolute atomic E-state index is 0.245. The predicted molar refractivity (Wildman–Crippen MR) is 198 cm³/mol. The van der Waals surface area contributed by atoms with Crippen molar-refractivity contribution in [3.8, 4) is 0 Å². The van der Waals surface area contributed by atoms with Gasteiger partial charge in [0.1, 0.15) is 0 Å². The molecule has 0 aromatic heterocycles. The molecule has 3 aromatic carbocycles. The second-order valence-electron chi connectivity index (χ2n) is 12.7. The molecule has 7 heteroatoms. The number of hydrogen-bond donors (Lipinski definition) is 0. The van der Waals surface area contributed by atoms with Gasteiger partial charge in [0.15, 0.2) is 0 Å². The van der Waals surface area contributed by atoms with Crippen LogP contribution in [0.2, 0.25) is 15.1 Å². The summed E-state index contributed by atoms with van der Waals surface area (Å²) in [5, 5.41) is 2.20. The Morgan fingerprint density at radius 1 is 0.478 bits per heavy atom. The zero-order valence-electron chi connectivity index (χ0n) is 28.8. The molecule has 3 atom stereocenters. The molecule has 252 valence electrons. The van der Waals surface area contributed by atoms with Crippen LogP contribution in [0.4, 0.5) is 0 Å². The van der Waals surface area contributed by atoms with Gasteiger partial charge >= 0.3 is 7.32 Å². The van der Waals surface area contributed by atoms with Gasteiger partial charge in [-0.05, 0) is 91.6 Å². The Morgan fingerprint density at radius 3 is 1.00 bits per heavy atom. The Bertz CT molecular complexity index is 1170. The van der Waals surface area contributed by atoms with Gasteiger partial charge in [0, 0.05) is 15.1 Å². The van der Waals surface area contributed by atoms with Crippen molar-refractivity contribution < 1.29 is 14.0 Å². The van der Waals surface area contributed by atoms with Gasteiger partial charge in [-0.1, -0.05) is 150 Å². The molecule has 0 spiro atoms. The molecule has 3 rings (SSSR count). The van der Waals surface area contributed by atoms with Crippen molar-refractivity contribution in [3.63, 3.8) is 0 Å². The van der Waals surface area contributed by atoms with E-state index in [1.807, 2.05) is 39.0 Å². The average molecular weight is 688 g/mol. The van der Waals surface area contributed by atoms with E-state index >= 15 is 0 Å². The van der Waals surface area contributed by atoms with Crippen LogP contribution < -0.4 is 0 Å². The number of hydrogen-bond acceptors (Lipinski definition) is 3. The smallest absolute Gasteiger partial charge is 0.379 e. The maximum absolute atomic E-state index is 6.93. The van der Waals surface area contributed by atoms with Crippen LogP contribution in [0.5, 0.6) is 0 Å². The normalized spacial score (nSPS) is 13.5. The molecule has 3 aromatic rings. The van der Waals surface area contributed by atoms with Crippen LogP contribution in [0.15, 0.2) is 54.6 Å². The summed E-state index contributed by atoms with van der Waals surface area (Å²) in [6, 6.07) is 18.6. The summed E-state index contributed by atoms with van der Waals surface area (Å²) in [6.07, 6.45) is 11.6. The molecule has 3 unspecified atom stereocenters. The molecule has 0 aliphatic carbocycles. The molecule has 0 radical (unpaired) electrons. The van der Waals surface area contributed by atoms with Gasteiger partial charge in [0.25, 0.3) is 0 Å². The van der Waals surface area contributed by atoms with E-state index in [0.29, 0.717) is 0 Å². The fourth-order valence-electron chi connectivity index (χ4n) is 5.61. The molecule has 0 N–H and O–H groups in total. The van der Waals surface area contributed by atoms with Crippen LogP contribution in [-0.4, -0.2) is 7.32 Å². The SMILES string of the molecule is CCCCCC(OB(OC(CCCCC)c1ccc(C)c(Cl)c1)OC(CCCCC)c1ccc(C)c(Cl)c1)c1ccc(C)c(Cl)c1. The van der Waals surface area contributed by atoms with Crippen molar-refractivity contribution in [2.75, 3.05) is 0 Å². The molecular formula is C39H54BCl3O3. The lowest BCUT2D eigenvalue weighted by molar-refractivity contribution is -0.00173. The first-order chi connectivity index (χ1) is 22.2. The summed E-state index contributed by atoms with van der Waals surface area (Å²) in [5.41, 5.74) is 6.23. The fourth-order valence-corrected chi connectivity index (χ4v) is 6.17. The zero-order valence-corrected chi connectivity index (χ0v) is 31.1. The van der Waals surface area contributed by atoms with E-state index in [2.05, 4.69) is 57.2 Å². The van der Waals surface area contributed by atoms with E-state index in [0.717, 1.165) is 125 Å². The van der Waals surface area contributed by atoms with E-state index < -0.39 is 7.32 Å². The highest BCUT2D eigenvalue weighted by atomic mass is 35.5. The van der Waals surface area contributed by atoms with Gasteiger partial charge in [-0.15, -0.1) is 0 Å². The maximum Gasteiger partial charge on any atom is 0.640 e. The lowest BCUT2D eigenvalue weighted by atomic mass is 9.97. The third kappa shape index (κ3) is 12.5. The molecule has 0 aliphatic heterocycles. The standard InChI is InChI=1S/C39H54BCl3O3/c1-7-10-13-16-37(31-22-19-28(4)34(41)25-31)44-40(45-38(17-14-11-8-2)32-23-20-29(5)35(42)26-32)46-39(18-15-12-9-3)33-24-21-30(6)36(43)27-33/h19-27,37-39H,7-18H2,1-6H3. The second kappa shape index (κ2) is 20.8. The van der Waals surface area contributed by atoms with Crippen LogP contribution in [-0.2, 0) is 14.0 Å². The van der Waals surface area contributed by atoms with E-state index in [1.165, 1.54) is 0 Å². The maximum atomic E-state index is 6.93. The zero-order chi connectivity index (χ0) is 33.5. The fraction of sp³-hybridized carbons (Fsp3) is 0.538. The molecule has 3 nitrogen and oxygen atoms in total. The van der Waals surface area contributed by atoms with Crippen LogP contribution in [0.25, 0.3) is 0 Å². The van der Waals surface area contributed by atoms with E-state index in [9.17, 15) is 0 Å². The lowest BCUT2D eigenvalue weighted by Crippen LogP contribution is -2.33. The van der Waals surface area contributed by atoms with Crippen LogP contribution >= 0.6 is 34.8 Å². The van der Waals surface area contributed by atoms with Crippen LogP contribution in [0.1, 0.15) is 150 Å². The Morgan fingerprint density at radius 2 is 0.761 bits per heavy atom. The molecule has 0 amide bonds. The monoisotopic (exact) mass is 686 g/mol. The Kier molecular flexibility index (Phi) is 17.6. The summed E-state index contributed by atoms with van der Waals surface area (Å²) >= 11 is 19.9. The first kappa shape index (κ1) is 38.9. The highest BCUT2D eigenvalue weighted by Crippen LogP contribution is 2.36. The third-order valence-electron chi connectivity index (χ3n) is 8.74. The molecule has 46 heavy (non-hydrogen) atoms. The number of halogens is 3. The van der Waals surface area contributed by atoms with Crippen molar-refractivity contribution in [2.24, 2.45) is 0 Å². The van der Waals surface area contributed by atoms with Gasteiger partial charge in [0.2, 0.25) is 0 Å². The molecule has 0 heterocycles. The highest BCUT2D eigenvalue weighted by Gasteiger charge is 2.34. The minimum atomic E-state index is -0.926.